The van der Waals surface area contributed by atoms with Crippen molar-refractivity contribution in [3.63, 3.8) is 0 Å². The van der Waals surface area contributed by atoms with Gasteiger partial charge in [-0.2, -0.15) is 0 Å². The van der Waals surface area contributed by atoms with E-state index in [2.05, 4.69) is 34.3 Å². The quantitative estimate of drug-likeness (QED) is 0.898. The van der Waals surface area contributed by atoms with Crippen LogP contribution in [0.1, 0.15) is 5.56 Å². The zero-order chi connectivity index (χ0) is 15.4. The fraction of sp³-hybridized carbons (Fsp3) is 0.118. The zero-order valence-corrected chi connectivity index (χ0v) is 13.5. The Morgan fingerprint density at radius 1 is 1.23 bits per heavy atom. The number of thioether (sulfide) groups is 1. The van der Waals surface area contributed by atoms with Crippen molar-refractivity contribution in [3.8, 4) is 0 Å². The Hall–Kier alpha value is -1.91. The molecule has 0 radical (unpaired) electrons. The SMILES string of the molecule is Nc1cc(CSC2C=CC=CN2c2cccc(Cl)c2)ccn1. The van der Waals surface area contributed by atoms with Gasteiger partial charge in [0.05, 0.1) is 5.37 Å². The van der Waals surface area contributed by atoms with E-state index in [-0.39, 0.29) is 5.37 Å². The van der Waals surface area contributed by atoms with Crippen LogP contribution in [-0.2, 0) is 5.75 Å². The van der Waals surface area contributed by atoms with Crippen LogP contribution in [0.25, 0.3) is 0 Å². The lowest BCUT2D eigenvalue weighted by Gasteiger charge is -2.30. The number of anilines is 2. The molecule has 0 spiro atoms. The molecule has 0 fully saturated rings. The molecule has 1 aromatic carbocycles. The Kier molecular flexibility index (Phi) is 4.71. The van der Waals surface area contributed by atoms with Crippen LogP contribution in [0.2, 0.25) is 5.02 Å². The molecular formula is C17H16ClN3S. The molecule has 0 amide bonds. The average molecular weight is 330 g/mol. The van der Waals surface area contributed by atoms with Crippen molar-refractivity contribution in [2.75, 3.05) is 10.6 Å². The molecule has 22 heavy (non-hydrogen) atoms. The largest absolute Gasteiger partial charge is 0.384 e. The van der Waals surface area contributed by atoms with Crippen LogP contribution in [0.4, 0.5) is 11.5 Å². The summed E-state index contributed by atoms with van der Waals surface area (Å²) in [4.78, 5) is 6.23. The van der Waals surface area contributed by atoms with Crippen molar-refractivity contribution in [2.45, 2.75) is 11.1 Å². The molecule has 1 aliphatic heterocycles. The van der Waals surface area contributed by atoms with Crippen molar-refractivity contribution in [1.29, 1.82) is 0 Å². The number of nitrogens with two attached hydrogens (primary N) is 1. The van der Waals surface area contributed by atoms with Gasteiger partial charge in [-0.3, -0.25) is 0 Å². The standard InChI is InChI=1S/C17H16ClN3S/c18-14-4-3-5-15(11-14)21-9-2-1-6-17(21)22-12-13-7-8-20-16(19)10-13/h1-11,17H,12H2,(H2,19,20). The van der Waals surface area contributed by atoms with E-state index in [4.69, 9.17) is 17.3 Å². The number of rotatable bonds is 4. The zero-order valence-electron chi connectivity index (χ0n) is 11.9. The van der Waals surface area contributed by atoms with Gasteiger partial charge in [-0.1, -0.05) is 29.8 Å². The summed E-state index contributed by atoms with van der Waals surface area (Å²) in [5.41, 5.74) is 7.99. The first-order valence-electron chi connectivity index (χ1n) is 6.93. The van der Waals surface area contributed by atoms with Crippen molar-refractivity contribution < 1.29 is 0 Å². The van der Waals surface area contributed by atoms with Crippen LogP contribution in [0.3, 0.4) is 0 Å². The third-order valence-corrected chi connectivity index (χ3v) is 4.74. The van der Waals surface area contributed by atoms with E-state index in [9.17, 15) is 0 Å². The number of nitrogen functional groups attached to an aromatic ring is 1. The normalized spacial score (nSPS) is 17.0. The lowest BCUT2D eigenvalue weighted by molar-refractivity contribution is 1.01. The lowest BCUT2D eigenvalue weighted by atomic mass is 10.2. The molecule has 1 unspecified atom stereocenters. The predicted molar refractivity (Wildman–Crippen MR) is 95.9 cm³/mol. The molecule has 1 atom stereocenters. The highest BCUT2D eigenvalue weighted by Crippen LogP contribution is 2.30. The van der Waals surface area contributed by atoms with Gasteiger partial charge < -0.3 is 10.6 Å². The topological polar surface area (TPSA) is 42.1 Å². The van der Waals surface area contributed by atoms with E-state index >= 15 is 0 Å². The Bertz CT molecular complexity index is 715. The average Bonchev–Trinajstić information content (AvgIpc) is 2.53. The summed E-state index contributed by atoms with van der Waals surface area (Å²) in [5.74, 6) is 1.43. The molecule has 5 heteroatoms. The molecule has 1 aliphatic rings. The summed E-state index contributed by atoms with van der Waals surface area (Å²) < 4.78 is 0. The highest BCUT2D eigenvalue weighted by Gasteiger charge is 2.17. The second kappa shape index (κ2) is 6.90. The minimum Gasteiger partial charge on any atom is -0.384 e. The van der Waals surface area contributed by atoms with Gasteiger partial charge in [-0.05, 0) is 42.0 Å². The van der Waals surface area contributed by atoms with Gasteiger partial charge >= 0.3 is 0 Å². The van der Waals surface area contributed by atoms with Gasteiger partial charge in [-0.15, -0.1) is 11.8 Å². The lowest BCUT2D eigenvalue weighted by Crippen LogP contribution is -2.27. The van der Waals surface area contributed by atoms with Crippen molar-refractivity contribution in [1.82, 2.24) is 4.98 Å². The minimum absolute atomic E-state index is 0.220. The third-order valence-electron chi connectivity index (χ3n) is 3.28. The summed E-state index contributed by atoms with van der Waals surface area (Å²) in [7, 11) is 0. The highest BCUT2D eigenvalue weighted by molar-refractivity contribution is 7.99. The molecule has 1 aromatic heterocycles. The Morgan fingerprint density at radius 2 is 2.14 bits per heavy atom. The monoisotopic (exact) mass is 329 g/mol. The molecule has 0 aliphatic carbocycles. The number of hydrogen-bond donors (Lipinski definition) is 1. The molecule has 0 bridgehead atoms. The van der Waals surface area contributed by atoms with Crippen molar-refractivity contribution in [2.24, 2.45) is 0 Å². The maximum Gasteiger partial charge on any atom is 0.123 e. The first-order valence-corrected chi connectivity index (χ1v) is 8.36. The third kappa shape index (κ3) is 3.64. The van der Waals surface area contributed by atoms with Gasteiger partial charge in [0.25, 0.3) is 0 Å². The van der Waals surface area contributed by atoms with Gasteiger partial charge in [-0.25, -0.2) is 4.98 Å². The summed E-state index contributed by atoms with van der Waals surface area (Å²) in [6.45, 7) is 0. The maximum atomic E-state index is 6.11. The molecule has 2 aromatic rings. The fourth-order valence-corrected chi connectivity index (χ4v) is 3.53. The Balaban J connectivity index is 1.74. The Labute approximate surface area is 139 Å². The summed E-state index contributed by atoms with van der Waals surface area (Å²) in [6.07, 6.45) is 10.1. The van der Waals surface area contributed by atoms with E-state index < -0.39 is 0 Å². The van der Waals surface area contributed by atoms with E-state index in [0.29, 0.717) is 5.82 Å². The number of hydrogen-bond acceptors (Lipinski definition) is 4. The first-order chi connectivity index (χ1) is 10.7. The van der Waals surface area contributed by atoms with Crippen molar-refractivity contribution >= 4 is 34.9 Å². The maximum absolute atomic E-state index is 6.11. The molecule has 0 saturated carbocycles. The predicted octanol–water partition coefficient (Wildman–Crippen LogP) is 4.47. The van der Waals surface area contributed by atoms with Crippen LogP contribution in [0.15, 0.2) is 67.0 Å². The van der Waals surface area contributed by atoms with Crippen LogP contribution in [0, 0.1) is 0 Å². The number of pyridine rings is 1. The van der Waals surface area contributed by atoms with Crippen molar-refractivity contribution in [3.05, 3.63) is 77.6 Å². The Morgan fingerprint density at radius 3 is 2.95 bits per heavy atom. The number of allylic oxidation sites excluding steroid dienone is 2. The molecule has 3 nitrogen and oxygen atoms in total. The van der Waals surface area contributed by atoms with E-state index in [1.54, 1.807) is 6.20 Å². The number of halogens is 1. The minimum atomic E-state index is 0.220. The number of aromatic nitrogens is 1. The first kappa shape index (κ1) is 15.0. The molecule has 0 saturated heterocycles. The number of benzene rings is 1. The van der Waals surface area contributed by atoms with E-state index in [0.717, 1.165) is 16.5 Å². The summed E-state index contributed by atoms with van der Waals surface area (Å²) in [6, 6.07) is 11.8. The fourth-order valence-electron chi connectivity index (χ4n) is 2.25. The van der Waals surface area contributed by atoms with Crippen LogP contribution >= 0.6 is 23.4 Å². The van der Waals surface area contributed by atoms with E-state index in [1.165, 1.54) is 5.56 Å². The van der Waals surface area contributed by atoms with Crippen LogP contribution in [0.5, 0.6) is 0 Å². The molecular weight excluding hydrogens is 314 g/mol. The van der Waals surface area contributed by atoms with Gasteiger partial charge in [0, 0.05) is 28.9 Å². The second-order valence-corrected chi connectivity index (χ2v) is 6.45. The summed E-state index contributed by atoms with van der Waals surface area (Å²) in [5, 5.41) is 0.962. The molecule has 3 rings (SSSR count). The second-order valence-electron chi connectivity index (χ2n) is 4.90. The van der Waals surface area contributed by atoms with Gasteiger partial charge in [0.2, 0.25) is 0 Å². The van der Waals surface area contributed by atoms with Gasteiger partial charge in [0.15, 0.2) is 0 Å². The van der Waals surface area contributed by atoms with Crippen LogP contribution in [-0.4, -0.2) is 10.4 Å². The van der Waals surface area contributed by atoms with E-state index in [1.807, 2.05) is 48.2 Å². The molecule has 2 N–H and O–H groups in total. The smallest absolute Gasteiger partial charge is 0.123 e. The van der Waals surface area contributed by atoms with Gasteiger partial charge in [0.1, 0.15) is 5.82 Å². The highest BCUT2D eigenvalue weighted by atomic mass is 35.5. The molecule has 112 valence electrons. The number of nitrogens with zero attached hydrogens (tertiary/aromatic N) is 2. The summed E-state index contributed by atoms with van der Waals surface area (Å²) >= 11 is 7.94. The van der Waals surface area contributed by atoms with Crippen LogP contribution < -0.4 is 10.6 Å². The molecule has 2 heterocycles.